The molecule has 2 atom stereocenters. The summed E-state index contributed by atoms with van der Waals surface area (Å²) in [5.74, 6) is -1.01. The van der Waals surface area contributed by atoms with Gasteiger partial charge in [0.1, 0.15) is 59.7 Å². The molecule has 7 rings (SSSR count). The van der Waals surface area contributed by atoms with Crippen LogP contribution >= 0.6 is 21.6 Å². The number of likely N-dealkylation sites (N-methyl/N-ethyl adjacent to an activating group) is 1. The second-order valence-electron chi connectivity index (χ2n) is 12.8. The summed E-state index contributed by atoms with van der Waals surface area (Å²) in [6.07, 6.45) is 2.54. The number of halogens is 2. The molecule has 0 saturated heterocycles. The molecule has 16 heteroatoms. The summed E-state index contributed by atoms with van der Waals surface area (Å²) in [7, 11) is 8.64. The van der Waals surface area contributed by atoms with E-state index in [0.717, 1.165) is 21.0 Å². The number of nitrogens with two attached hydrogens (primary N) is 1. The number of hydrogen-bond donors (Lipinski definition) is 1. The highest BCUT2D eigenvalue weighted by Crippen LogP contribution is 2.41. The molecule has 3 aromatic heterocycles. The average Bonchev–Trinajstić information content (AvgIpc) is 3.58. The fourth-order valence-electron chi connectivity index (χ4n) is 6.26. The molecule has 0 unspecified atom stereocenters. The number of hydrogen-bond acceptors (Lipinski definition) is 10. The minimum absolute atomic E-state index is 0.0128. The molecule has 1 aliphatic heterocycles. The molecule has 0 spiro atoms. The zero-order valence-electron chi connectivity index (χ0n) is 29.1. The third kappa shape index (κ3) is 8.10. The van der Waals surface area contributed by atoms with Gasteiger partial charge in [-0.25, -0.2) is 28.2 Å². The number of benzene rings is 3. The predicted molar refractivity (Wildman–Crippen MR) is 197 cm³/mol. The van der Waals surface area contributed by atoms with Crippen LogP contribution < -0.4 is 10.9 Å². The summed E-state index contributed by atoms with van der Waals surface area (Å²) in [4.78, 5) is 41.0. The molecular weight excluding hydrogens is 721 g/mol. The van der Waals surface area contributed by atoms with Crippen LogP contribution in [-0.2, 0) is 25.1 Å². The first-order valence-corrected chi connectivity index (χ1v) is 18.9. The number of ether oxygens (including phenoxy) is 1. The predicted octanol–water partition coefficient (Wildman–Crippen LogP) is 5.24. The van der Waals surface area contributed by atoms with Gasteiger partial charge in [0, 0.05) is 42.9 Å². The Balaban J connectivity index is 1.18. The first kappa shape index (κ1) is 36.2. The number of aromatic nitrogens is 6. The van der Waals surface area contributed by atoms with Crippen molar-refractivity contribution in [1.29, 1.82) is 0 Å². The molecule has 2 N–H and O–H groups in total. The van der Waals surface area contributed by atoms with E-state index in [1.54, 1.807) is 51.6 Å². The van der Waals surface area contributed by atoms with Crippen LogP contribution in [0.1, 0.15) is 34.6 Å². The Morgan fingerprint density at radius 3 is 2.45 bits per heavy atom. The lowest BCUT2D eigenvalue weighted by atomic mass is 9.83. The number of carbonyl (C=O) groups is 1. The summed E-state index contributed by atoms with van der Waals surface area (Å²) in [5.41, 5.74) is 1.93. The van der Waals surface area contributed by atoms with Gasteiger partial charge < -0.3 is 15.0 Å². The summed E-state index contributed by atoms with van der Waals surface area (Å²) in [6.45, 7) is 0.461. The molecule has 0 saturated carbocycles. The first-order chi connectivity index (χ1) is 25.6. The topological polar surface area (TPSA) is 128 Å². The zero-order valence-corrected chi connectivity index (χ0v) is 30.7. The molecule has 0 aliphatic carbocycles. The van der Waals surface area contributed by atoms with E-state index in [4.69, 9.17) is 9.84 Å². The van der Waals surface area contributed by atoms with E-state index in [-0.39, 0.29) is 25.2 Å². The molecular formula is C37H36F2N9O3S2+. The lowest BCUT2D eigenvalue weighted by Gasteiger charge is -2.31. The standard InChI is InChI=1S/C37H35F2N9O3S2/c1-45(2)16-17-47(37(50)51-20-23-7-13-27(14-8-23)52-53-30-6-4-5-15-40-30)22-48-36(49)28-18-26(39)19-29-31(28)34(44-48)32(35-41-21-42-46(35)3)33(43-29)24-9-11-25(38)12-10-24/h4-15,18-19,21,32-33,43H,16-17,20,22H2,1-3H3/p+1/t32-,33-/m1/s1. The van der Waals surface area contributed by atoms with Gasteiger partial charge >= 0.3 is 6.09 Å². The molecule has 1 amide bonds. The zero-order chi connectivity index (χ0) is 37.1. The van der Waals surface area contributed by atoms with Crippen LogP contribution in [0.2, 0.25) is 0 Å². The first-order valence-electron chi connectivity index (χ1n) is 16.7. The summed E-state index contributed by atoms with van der Waals surface area (Å²) in [6, 6.07) is 21.6. The molecule has 1 aliphatic rings. The summed E-state index contributed by atoms with van der Waals surface area (Å²) in [5, 5.41) is 12.5. The third-order valence-electron chi connectivity index (χ3n) is 8.90. The fraction of sp³-hybridized carbons (Fsp3) is 0.243. The Morgan fingerprint density at radius 1 is 0.962 bits per heavy atom. The normalized spacial score (nSPS) is 15.2. The van der Waals surface area contributed by atoms with Crippen LogP contribution in [0.4, 0.5) is 19.3 Å². The molecule has 272 valence electrons. The second-order valence-corrected chi connectivity index (χ2v) is 15.0. The lowest BCUT2D eigenvalue weighted by molar-refractivity contribution is -0.621. The Morgan fingerprint density at radius 2 is 1.75 bits per heavy atom. The molecule has 0 bridgehead atoms. The smallest absolute Gasteiger partial charge is 0.411 e. The minimum Gasteiger partial charge on any atom is -0.445 e. The summed E-state index contributed by atoms with van der Waals surface area (Å²) < 4.78 is 37.8. The van der Waals surface area contributed by atoms with Crippen molar-refractivity contribution in [3.63, 3.8) is 0 Å². The van der Waals surface area contributed by atoms with E-state index < -0.39 is 35.2 Å². The van der Waals surface area contributed by atoms with Gasteiger partial charge in [0.2, 0.25) is 0 Å². The van der Waals surface area contributed by atoms with E-state index in [2.05, 4.69) is 15.1 Å². The van der Waals surface area contributed by atoms with Crippen LogP contribution in [0.25, 0.3) is 10.8 Å². The summed E-state index contributed by atoms with van der Waals surface area (Å²) >= 11 is 0. The van der Waals surface area contributed by atoms with Crippen molar-refractivity contribution in [3.05, 3.63) is 136 Å². The molecule has 3 aromatic carbocycles. The van der Waals surface area contributed by atoms with Gasteiger partial charge in [0.15, 0.2) is 0 Å². The van der Waals surface area contributed by atoms with Crippen LogP contribution in [0.15, 0.2) is 106 Å². The largest absolute Gasteiger partial charge is 0.445 e. The Hall–Kier alpha value is -5.16. The Labute approximate surface area is 311 Å². The number of carbonyl (C=O) groups excluding carboxylic acids is 1. The van der Waals surface area contributed by atoms with Gasteiger partial charge in [-0.1, -0.05) is 41.1 Å². The van der Waals surface area contributed by atoms with Crippen molar-refractivity contribution in [1.82, 2.24) is 39.3 Å². The minimum atomic E-state index is -0.638. The molecule has 4 heterocycles. The van der Waals surface area contributed by atoms with Crippen LogP contribution in [-0.4, -0.2) is 72.6 Å². The number of amides is 1. The van der Waals surface area contributed by atoms with Gasteiger partial charge in [-0.05, 0) is 72.9 Å². The maximum Gasteiger partial charge on any atom is 0.411 e. The molecule has 6 aromatic rings. The third-order valence-corrected chi connectivity index (χ3v) is 11.2. The van der Waals surface area contributed by atoms with E-state index in [0.29, 0.717) is 29.1 Å². The van der Waals surface area contributed by atoms with Gasteiger partial charge in [-0.3, -0.25) is 14.4 Å². The van der Waals surface area contributed by atoms with Crippen molar-refractivity contribution in [3.8, 4) is 0 Å². The molecule has 12 nitrogen and oxygen atoms in total. The van der Waals surface area contributed by atoms with Crippen LogP contribution in [0, 0.1) is 11.6 Å². The highest BCUT2D eigenvalue weighted by Gasteiger charge is 2.42. The quantitative estimate of drug-likeness (QED) is 0.131. The van der Waals surface area contributed by atoms with Crippen molar-refractivity contribution < 1.29 is 23.6 Å². The SMILES string of the molecule is CN(C)CCN(Cn1nc2c3c(cc(F)cc3c1=O)[NH2+][C@H](c1ccc(F)cc1)[C@H]2c1ncnn1C)C(=O)OCc1ccc(SSc2ccccn2)cc1. The lowest BCUT2D eigenvalue weighted by Crippen LogP contribution is -2.82. The van der Waals surface area contributed by atoms with E-state index in [1.807, 2.05) is 66.8 Å². The highest BCUT2D eigenvalue weighted by molar-refractivity contribution is 8.76. The van der Waals surface area contributed by atoms with Gasteiger partial charge in [-0.15, -0.1) is 0 Å². The maximum atomic E-state index is 15.2. The number of quaternary nitrogens is 1. The van der Waals surface area contributed by atoms with Gasteiger partial charge in [0.25, 0.3) is 5.56 Å². The van der Waals surface area contributed by atoms with E-state index >= 15 is 4.39 Å². The second kappa shape index (κ2) is 15.8. The monoisotopic (exact) mass is 756 g/mol. The van der Waals surface area contributed by atoms with Crippen LogP contribution in [0.5, 0.6) is 0 Å². The van der Waals surface area contributed by atoms with Crippen LogP contribution in [0.3, 0.4) is 0 Å². The molecule has 0 fully saturated rings. The van der Waals surface area contributed by atoms with E-state index in [9.17, 15) is 14.0 Å². The Kier molecular flexibility index (Phi) is 10.8. The van der Waals surface area contributed by atoms with E-state index in [1.165, 1.54) is 40.2 Å². The van der Waals surface area contributed by atoms with Crippen molar-refractivity contribution in [2.24, 2.45) is 7.05 Å². The average molecular weight is 757 g/mol. The van der Waals surface area contributed by atoms with Gasteiger partial charge in [-0.2, -0.15) is 10.2 Å². The van der Waals surface area contributed by atoms with Gasteiger partial charge in [0.05, 0.1) is 16.5 Å². The maximum absolute atomic E-state index is 15.2. The Bertz CT molecular complexity index is 2290. The highest BCUT2D eigenvalue weighted by atomic mass is 33.1. The number of pyridine rings is 1. The fourth-order valence-corrected chi connectivity index (χ4v) is 8.10. The molecule has 53 heavy (non-hydrogen) atoms. The van der Waals surface area contributed by atoms with Crippen molar-refractivity contribution >= 4 is 44.1 Å². The van der Waals surface area contributed by atoms with Crippen molar-refractivity contribution in [2.45, 2.75) is 35.2 Å². The molecule has 0 radical (unpaired) electrons. The number of rotatable bonds is 12. The van der Waals surface area contributed by atoms with Crippen molar-refractivity contribution in [2.75, 3.05) is 27.2 Å². The number of nitrogens with zero attached hydrogens (tertiary/aromatic N) is 8. The number of aryl methyl sites for hydroxylation is 1.